The molecule has 0 bridgehead atoms. The van der Waals surface area contributed by atoms with Gasteiger partial charge >= 0.3 is 0 Å². The molecule has 0 radical (unpaired) electrons. The first-order valence-corrected chi connectivity index (χ1v) is 7.46. The molecule has 2 N–H and O–H groups in total. The van der Waals surface area contributed by atoms with Gasteiger partial charge in [-0.05, 0) is 26.0 Å². The number of aromatic amines is 1. The van der Waals surface area contributed by atoms with E-state index in [0.717, 1.165) is 22.8 Å². The highest BCUT2D eigenvalue weighted by molar-refractivity contribution is 5.95. The molecule has 1 aliphatic rings. The zero-order valence-corrected chi connectivity index (χ0v) is 13.2. The van der Waals surface area contributed by atoms with E-state index in [1.54, 1.807) is 0 Å². The lowest BCUT2D eigenvalue weighted by Crippen LogP contribution is -2.48. The quantitative estimate of drug-likeness (QED) is 0.911. The highest BCUT2D eigenvalue weighted by Gasteiger charge is 2.33. The first-order valence-electron chi connectivity index (χ1n) is 7.46. The second-order valence-electron chi connectivity index (χ2n) is 6.36. The van der Waals surface area contributed by atoms with Gasteiger partial charge in [0.1, 0.15) is 5.82 Å². The maximum absolute atomic E-state index is 12.3. The molecule has 1 aromatic heterocycles. The van der Waals surface area contributed by atoms with Crippen LogP contribution in [0.3, 0.4) is 0 Å². The van der Waals surface area contributed by atoms with E-state index in [2.05, 4.69) is 22.2 Å². The molecule has 22 heavy (non-hydrogen) atoms. The minimum absolute atomic E-state index is 0.0557. The van der Waals surface area contributed by atoms with Gasteiger partial charge in [-0.2, -0.15) is 0 Å². The maximum atomic E-state index is 12.3. The third-order valence-corrected chi connectivity index (χ3v) is 3.98. The molecule has 0 atom stereocenters. The molecule has 2 aromatic rings. The van der Waals surface area contributed by atoms with Crippen LogP contribution < -0.4 is 5.32 Å². The molecule has 3 rings (SSSR count). The van der Waals surface area contributed by atoms with Crippen LogP contribution in [0.2, 0.25) is 0 Å². The van der Waals surface area contributed by atoms with Crippen molar-refractivity contribution in [3.8, 4) is 11.3 Å². The summed E-state index contributed by atoms with van der Waals surface area (Å²) in [6.07, 6.45) is 0. The lowest BCUT2D eigenvalue weighted by atomic mass is 9.88. The largest absolute Gasteiger partial charge is 0.380 e. The van der Waals surface area contributed by atoms with Gasteiger partial charge < -0.3 is 15.0 Å². The van der Waals surface area contributed by atoms with Crippen molar-refractivity contribution in [2.45, 2.75) is 20.8 Å². The Bertz CT molecular complexity index is 702. The van der Waals surface area contributed by atoms with E-state index >= 15 is 0 Å². The molecule has 5 nitrogen and oxygen atoms in total. The van der Waals surface area contributed by atoms with E-state index in [4.69, 9.17) is 4.74 Å². The van der Waals surface area contributed by atoms with Crippen LogP contribution in [0.4, 0.5) is 0 Å². The standard InChI is InChI=1S/C17H21N3O2/c1-11-15(20-12(2)19-11)13-5-4-6-14(7-13)16(21)18-8-17(3)9-22-10-17/h4-7H,8-10H2,1-3H3,(H,18,21)(H,19,20). The Morgan fingerprint density at radius 2 is 2.18 bits per heavy atom. The Morgan fingerprint density at radius 3 is 2.77 bits per heavy atom. The van der Waals surface area contributed by atoms with Gasteiger partial charge in [-0.15, -0.1) is 0 Å². The number of carbonyl (C=O) groups excluding carboxylic acids is 1. The molecule has 1 aromatic carbocycles. The van der Waals surface area contributed by atoms with Crippen molar-refractivity contribution in [3.63, 3.8) is 0 Å². The van der Waals surface area contributed by atoms with Crippen molar-refractivity contribution < 1.29 is 9.53 Å². The predicted octanol–water partition coefficient (Wildman–Crippen LogP) is 2.46. The van der Waals surface area contributed by atoms with Crippen molar-refractivity contribution in [2.75, 3.05) is 19.8 Å². The SMILES string of the molecule is Cc1nc(-c2cccc(C(=O)NCC3(C)COC3)c2)c(C)[nH]1. The van der Waals surface area contributed by atoms with Crippen LogP contribution in [0.25, 0.3) is 11.3 Å². The topological polar surface area (TPSA) is 67.0 Å². The van der Waals surface area contributed by atoms with Crippen LogP contribution in [-0.4, -0.2) is 35.6 Å². The molecular weight excluding hydrogens is 278 g/mol. The van der Waals surface area contributed by atoms with Crippen LogP contribution in [-0.2, 0) is 4.74 Å². The third kappa shape index (κ3) is 2.90. The van der Waals surface area contributed by atoms with E-state index in [1.807, 2.05) is 38.1 Å². The fourth-order valence-corrected chi connectivity index (χ4v) is 2.65. The summed E-state index contributed by atoms with van der Waals surface area (Å²) in [4.78, 5) is 20.0. The average molecular weight is 299 g/mol. The van der Waals surface area contributed by atoms with Crippen molar-refractivity contribution >= 4 is 5.91 Å². The molecule has 1 aliphatic heterocycles. The molecule has 5 heteroatoms. The normalized spacial score (nSPS) is 16.1. The number of nitrogens with zero attached hydrogens (tertiary/aromatic N) is 1. The van der Waals surface area contributed by atoms with Crippen LogP contribution >= 0.6 is 0 Å². The number of rotatable bonds is 4. The van der Waals surface area contributed by atoms with Crippen LogP contribution in [0, 0.1) is 19.3 Å². The number of H-pyrrole nitrogens is 1. The molecular formula is C17H21N3O2. The molecule has 0 saturated carbocycles. The summed E-state index contributed by atoms with van der Waals surface area (Å²) in [5.41, 5.74) is 3.58. The molecule has 1 amide bonds. The van der Waals surface area contributed by atoms with Gasteiger partial charge in [-0.3, -0.25) is 4.79 Å². The average Bonchev–Trinajstić information content (AvgIpc) is 2.81. The Balaban J connectivity index is 1.76. The van der Waals surface area contributed by atoms with Gasteiger partial charge in [-0.1, -0.05) is 19.1 Å². The number of aromatic nitrogens is 2. The summed E-state index contributed by atoms with van der Waals surface area (Å²) >= 11 is 0. The van der Waals surface area contributed by atoms with E-state index in [9.17, 15) is 4.79 Å². The van der Waals surface area contributed by atoms with Crippen molar-refractivity contribution in [1.29, 1.82) is 0 Å². The molecule has 0 unspecified atom stereocenters. The van der Waals surface area contributed by atoms with Crippen molar-refractivity contribution in [3.05, 3.63) is 41.3 Å². The molecule has 0 spiro atoms. The maximum Gasteiger partial charge on any atom is 0.251 e. The third-order valence-electron chi connectivity index (χ3n) is 3.98. The number of imidazole rings is 1. The highest BCUT2D eigenvalue weighted by atomic mass is 16.5. The van der Waals surface area contributed by atoms with Crippen LogP contribution in [0.5, 0.6) is 0 Å². The van der Waals surface area contributed by atoms with Gasteiger partial charge in [0.15, 0.2) is 0 Å². The van der Waals surface area contributed by atoms with Gasteiger partial charge in [0.2, 0.25) is 0 Å². The Hall–Kier alpha value is -2.14. The predicted molar refractivity (Wildman–Crippen MR) is 84.8 cm³/mol. The smallest absolute Gasteiger partial charge is 0.251 e. The Labute approximate surface area is 130 Å². The number of aryl methyl sites for hydroxylation is 2. The zero-order valence-electron chi connectivity index (χ0n) is 13.2. The van der Waals surface area contributed by atoms with Gasteiger partial charge in [0, 0.05) is 28.8 Å². The zero-order chi connectivity index (χ0) is 15.7. The molecule has 1 saturated heterocycles. The fourth-order valence-electron chi connectivity index (χ4n) is 2.65. The summed E-state index contributed by atoms with van der Waals surface area (Å²) < 4.78 is 5.21. The first kappa shape index (κ1) is 14.8. The lowest BCUT2D eigenvalue weighted by molar-refractivity contribution is -0.0978. The van der Waals surface area contributed by atoms with Gasteiger partial charge in [-0.25, -0.2) is 4.98 Å². The number of carbonyl (C=O) groups is 1. The van der Waals surface area contributed by atoms with Crippen LogP contribution in [0.15, 0.2) is 24.3 Å². The summed E-state index contributed by atoms with van der Waals surface area (Å²) in [5, 5.41) is 2.99. The number of nitrogens with one attached hydrogen (secondary N) is 2. The van der Waals surface area contributed by atoms with Crippen molar-refractivity contribution in [2.24, 2.45) is 5.41 Å². The van der Waals surface area contributed by atoms with E-state index in [0.29, 0.717) is 25.3 Å². The lowest BCUT2D eigenvalue weighted by Gasteiger charge is -2.38. The summed E-state index contributed by atoms with van der Waals surface area (Å²) in [6, 6.07) is 7.58. The number of ether oxygens (including phenoxy) is 1. The van der Waals surface area contributed by atoms with Gasteiger partial charge in [0.25, 0.3) is 5.91 Å². The second-order valence-corrected chi connectivity index (χ2v) is 6.36. The monoisotopic (exact) mass is 299 g/mol. The van der Waals surface area contributed by atoms with Crippen LogP contribution in [0.1, 0.15) is 28.8 Å². The minimum atomic E-state index is -0.0557. The van der Waals surface area contributed by atoms with E-state index in [1.165, 1.54) is 0 Å². The first-order chi connectivity index (χ1) is 10.5. The number of hydrogen-bond donors (Lipinski definition) is 2. The number of benzene rings is 1. The van der Waals surface area contributed by atoms with Crippen molar-refractivity contribution in [1.82, 2.24) is 15.3 Å². The number of amides is 1. The van der Waals surface area contributed by atoms with E-state index < -0.39 is 0 Å². The Morgan fingerprint density at radius 1 is 1.41 bits per heavy atom. The second kappa shape index (κ2) is 5.57. The van der Waals surface area contributed by atoms with E-state index in [-0.39, 0.29) is 11.3 Å². The summed E-state index contributed by atoms with van der Waals surface area (Å²) in [5.74, 6) is 0.820. The minimum Gasteiger partial charge on any atom is -0.380 e. The highest BCUT2D eigenvalue weighted by Crippen LogP contribution is 2.25. The molecule has 0 aliphatic carbocycles. The fraction of sp³-hybridized carbons (Fsp3) is 0.412. The molecule has 116 valence electrons. The number of hydrogen-bond acceptors (Lipinski definition) is 3. The van der Waals surface area contributed by atoms with Gasteiger partial charge in [0.05, 0.1) is 18.9 Å². The molecule has 1 fully saturated rings. The summed E-state index contributed by atoms with van der Waals surface area (Å²) in [6.45, 7) is 8.08. The Kier molecular flexibility index (Phi) is 3.74. The summed E-state index contributed by atoms with van der Waals surface area (Å²) in [7, 11) is 0. The molecule has 2 heterocycles.